The molecule has 1 saturated heterocycles. The summed E-state index contributed by atoms with van der Waals surface area (Å²) < 4.78 is 6.96. The third-order valence-electron chi connectivity index (χ3n) is 4.44. The van der Waals surface area contributed by atoms with Crippen LogP contribution < -0.4 is 0 Å². The third-order valence-corrected chi connectivity index (χ3v) is 4.44. The van der Waals surface area contributed by atoms with Gasteiger partial charge in [-0.05, 0) is 5.56 Å². The summed E-state index contributed by atoms with van der Waals surface area (Å²) in [5, 5.41) is 27.8. The van der Waals surface area contributed by atoms with Gasteiger partial charge in [-0.1, -0.05) is 29.5 Å². The molecule has 134 valence electrons. The van der Waals surface area contributed by atoms with Gasteiger partial charge in [0.1, 0.15) is 17.2 Å². The van der Waals surface area contributed by atoms with Gasteiger partial charge >= 0.3 is 0 Å². The summed E-state index contributed by atoms with van der Waals surface area (Å²) in [4.78, 5) is 2.36. The first-order valence-electron chi connectivity index (χ1n) is 8.53. The highest BCUT2D eigenvalue weighted by molar-refractivity contribution is 5.63. The molecule has 0 saturated carbocycles. The third kappa shape index (κ3) is 3.54. The average Bonchev–Trinajstić information content (AvgIpc) is 3.12. The Morgan fingerprint density at radius 3 is 2.50 bits per heavy atom. The van der Waals surface area contributed by atoms with E-state index >= 15 is 0 Å². The van der Waals surface area contributed by atoms with E-state index in [0.717, 1.165) is 44.1 Å². The van der Waals surface area contributed by atoms with Crippen LogP contribution in [-0.2, 0) is 11.3 Å². The van der Waals surface area contributed by atoms with Gasteiger partial charge in [0.05, 0.1) is 25.1 Å². The second-order valence-corrected chi connectivity index (χ2v) is 6.30. The Kier molecular flexibility index (Phi) is 4.55. The van der Waals surface area contributed by atoms with Crippen molar-refractivity contribution in [1.29, 1.82) is 0 Å². The molecule has 0 radical (unpaired) electrons. The predicted octanol–water partition coefficient (Wildman–Crippen LogP) is 2.18. The van der Waals surface area contributed by atoms with E-state index in [1.54, 1.807) is 10.9 Å². The Morgan fingerprint density at radius 1 is 1.00 bits per heavy atom. The number of hydrogen-bond donors (Lipinski definition) is 2. The molecule has 0 unspecified atom stereocenters. The predicted molar refractivity (Wildman–Crippen MR) is 96.2 cm³/mol. The highest BCUT2D eigenvalue weighted by Crippen LogP contribution is 2.26. The minimum atomic E-state index is -0.0234. The van der Waals surface area contributed by atoms with Crippen LogP contribution in [0, 0.1) is 0 Å². The van der Waals surface area contributed by atoms with Crippen molar-refractivity contribution in [2.45, 2.75) is 6.54 Å². The fraction of sp³-hybridized carbons (Fsp3) is 0.263. The molecule has 2 heterocycles. The number of phenols is 2. The van der Waals surface area contributed by atoms with Gasteiger partial charge in [0.15, 0.2) is 0 Å². The van der Waals surface area contributed by atoms with Crippen LogP contribution >= 0.6 is 0 Å². The van der Waals surface area contributed by atoms with Crippen LogP contribution in [0.2, 0.25) is 0 Å². The van der Waals surface area contributed by atoms with E-state index in [1.165, 1.54) is 23.8 Å². The molecule has 0 aliphatic carbocycles. The molecule has 2 aromatic carbocycles. The summed E-state index contributed by atoms with van der Waals surface area (Å²) in [7, 11) is 0. The number of hydrogen-bond acceptors (Lipinski definition) is 6. The topological polar surface area (TPSA) is 83.6 Å². The van der Waals surface area contributed by atoms with Gasteiger partial charge in [0.25, 0.3) is 0 Å². The zero-order valence-corrected chi connectivity index (χ0v) is 14.2. The van der Waals surface area contributed by atoms with Gasteiger partial charge in [-0.25, -0.2) is 4.68 Å². The number of benzene rings is 2. The fourth-order valence-corrected chi connectivity index (χ4v) is 3.13. The summed E-state index contributed by atoms with van der Waals surface area (Å²) in [6.07, 6.45) is 1.80. The molecule has 7 nitrogen and oxygen atoms in total. The summed E-state index contributed by atoms with van der Waals surface area (Å²) in [5.41, 5.74) is 3.50. The molecule has 0 spiro atoms. The molecule has 1 aromatic heterocycles. The molecular formula is C19H20N4O3. The molecule has 3 aromatic rings. The second-order valence-electron chi connectivity index (χ2n) is 6.30. The first kappa shape index (κ1) is 16.6. The highest BCUT2D eigenvalue weighted by atomic mass is 16.5. The van der Waals surface area contributed by atoms with E-state index in [0.29, 0.717) is 5.69 Å². The Bertz CT molecular complexity index is 883. The number of rotatable bonds is 4. The van der Waals surface area contributed by atoms with Crippen molar-refractivity contribution < 1.29 is 14.9 Å². The van der Waals surface area contributed by atoms with E-state index in [9.17, 15) is 10.2 Å². The Balaban J connectivity index is 1.63. The van der Waals surface area contributed by atoms with Crippen LogP contribution in [0.5, 0.6) is 11.5 Å². The van der Waals surface area contributed by atoms with Gasteiger partial charge in [-0.15, -0.1) is 5.10 Å². The summed E-state index contributed by atoms with van der Waals surface area (Å²) in [6.45, 7) is 4.20. The van der Waals surface area contributed by atoms with Gasteiger partial charge < -0.3 is 14.9 Å². The van der Waals surface area contributed by atoms with Gasteiger partial charge in [-0.2, -0.15) is 0 Å². The lowest BCUT2D eigenvalue weighted by Gasteiger charge is -2.27. The second kappa shape index (κ2) is 7.15. The highest BCUT2D eigenvalue weighted by Gasteiger charge is 2.15. The molecule has 1 fully saturated rings. The average molecular weight is 352 g/mol. The lowest BCUT2D eigenvalue weighted by molar-refractivity contribution is 0.0342. The largest absolute Gasteiger partial charge is 0.508 e. The molecule has 26 heavy (non-hydrogen) atoms. The van der Waals surface area contributed by atoms with Crippen molar-refractivity contribution in [3.8, 4) is 28.4 Å². The maximum absolute atomic E-state index is 9.67. The molecule has 4 rings (SSSR count). The van der Waals surface area contributed by atoms with E-state index in [-0.39, 0.29) is 11.5 Å². The van der Waals surface area contributed by atoms with Crippen molar-refractivity contribution in [2.24, 2.45) is 0 Å². The van der Waals surface area contributed by atoms with Gasteiger partial charge in [0, 0.05) is 43.4 Å². The SMILES string of the molecule is Oc1cc(O)cc(-n2cc(-c3ccccc3CN3CCOCC3)nn2)c1. The molecule has 0 atom stereocenters. The van der Waals surface area contributed by atoms with Gasteiger partial charge in [-0.3, -0.25) is 4.90 Å². The summed E-state index contributed by atoms with van der Waals surface area (Å²) >= 11 is 0. The van der Waals surface area contributed by atoms with Crippen LogP contribution in [0.15, 0.2) is 48.7 Å². The van der Waals surface area contributed by atoms with Crippen molar-refractivity contribution in [1.82, 2.24) is 19.9 Å². The zero-order valence-electron chi connectivity index (χ0n) is 14.2. The molecule has 2 N–H and O–H groups in total. The number of morpholine rings is 1. The van der Waals surface area contributed by atoms with E-state index in [1.807, 2.05) is 18.2 Å². The molecule has 0 amide bonds. The lowest BCUT2D eigenvalue weighted by atomic mass is 10.0. The zero-order chi connectivity index (χ0) is 17.9. The van der Waals surface area contributed by atoms with Crippen molar-refractivity contribution in [3.05, 3.63) is 54.2 Å². The van der Waals surface area contributed by atoms with Crippen LogP contribution in [-0.4, -0.2) is 56.4 Å². The number of phenolic OH excluding ortho intramolecular Hbond substituents is 2. The fourth-order valence-electron chi connectivity index (χ4n) is 3.13. The van der Waals surface area contributed by atoms with Crippen LogP contribution in [0.1, 0.15) is 5.56 Å². The molecule has 1 aliphatic heterocycles. The maximum atomic E-state index is 9.67. The normalized spacial score (nSPS) is 15.2. The molecule has 0 bridgehead atoms. The van der Waals surface area contributed by atoms with Crippen LogP contribution in [0.3, 0.4) is 0 Å². The molecule has 1 aliphatic rings. The molecular weight excluding hydrogens is 332 g/mol. The monoisotopic (exact) mass is 352 g/mol. The number of aromatic nitrogens is 3. The first-order valence-corrected chi connectivity index (χ1v) is 8.53. The summed E-state index contributed by atoms with van der Waals surface area (Å²) in [5.74, 6) is -0.0467. The summed E-state index contributed by atoms with van der Waals surface area (Å²) in [6, 6.07) is 12.5. The maximum Gasteiger partial charge on any atom is 0.121 e. The number of ether oxygens (including phenoxy) is 1. The Labute approximate surface area is 151 Å². The Hall–Kier alpha value is -2.90. The first-order chi connectivity index (χ1) is 12.7. The van der Waals surface area contributed by atoms with Crippen molar-refractivity contribution in [2.75, 3.05) is 26.3 Å². The van der Waals surface area contributed by atoms with E-state index in [4.69, 9.17) is 4.74 Å². The van der Waals surface area contributed by atoms with E-state index in [2.05, 4.69) is 21.3 Å². The lowest BCUT2D eigenvalue weighted by Crippen LogP contribution is -2.35. The van der Waals surface area contributed by atoms with Crippen molar-refractivity contribution >= 4 is 0 Å². The standard InChI is InChI=1S/C19H20N4O3/c24-16-9-15(10-17(25)11-16)23-13-19(20-21-23)18-4-2-1-3-14(18)12-22-5-7-26-8-6-22/h1-4,9-11,13,24-25H,5-8,12H2. The number of aromatic hydroxyl groups is 2. The smallest absolute Gasteiger partial charge is 0.121 e. The minimum absolute atomic E-state index is 0.0234. The Morgan fingerprint density at radius 2 is 1.73 bits per heavy atom. The van der Waals surface area contributed by atoms with Crippen molar-refractivity contribution in [3.63, 3.8) is 0 Å². The van der Waals surface area contributed by atoms with E-state index < -0.39 is 0 Å². The number of nitrogens with zero attached hydrogens (tertiary/aromatic N) is 4. The minimum Gasteiger partial charge on any atom is -0.508 e. The molecule has 7 heteroatoms. The van der Waals surface area contributed by atoms with Crippen LogP contribution in [0.25, 0.3) is 16.9 Å². The van der Waals surface area contributed by atoms with Gasteiger partial charge in [0.2, 0.25) is 0 Å². The quantitative estimate of drug-likeness (QED) is 0.749. The van der Waals surface area contributed by atoms with Crippen LogP contribution in [0.4, 0.5) is 0 Å².